The molecule has 0 N–H and O–H groups in total. The molecule has 1 aliphatic heterocycles. The average molecular weight is 183 g/mol. The van der Waals surface area contributed by atoms with Crippen molar-refractivity contribution in [2.24, 2.45) is 11.8 Å². The van der Waals surface area contributed by atoms with Crippen LogP contribution in [0, 0.1) is 11.8 Å². The molecule has 0 aromatic carbocycles. The highest BCUT2D eigenvalue weighted by atomic mass is 15.2. The number of hydrogen-bond donors (Lipinski definition) is 0. The van der Waals surface area contributed by atoms with Crippen LogP contribution in [0.3, 0.4) is 0 Å². The standard InChI is InChI=1S/C12H25N/c1-6-11(5)12-7-10(4)8-13(12)9(2)3/h9-12H,6-8H2,1-5H3/t10-,11?,12+/m1/s1. The lowest BCUT2D eigenvalue weighted by atomic mass is 9.94. The summed E-state index contributed by atoms with van der Waals surface area (Å²) in [6, 6.07) is 1.57. The van der Waals surface area contributed by atoms with Gasteiger partial charge in [-0.1, -0.05) is 27.2 Å². The second-order valence-corrected chi connectivity index (χ2v) is 5.08. The molecule has 1 rings (SSSR count). The Morgan fingerprint density at radius 1 is 1.31 bits per heavy atom. The minimum Gasteiger partial charge on any atom is -0.297 e. The fraction of sp³-hybridized carbons (Fsp3) is 1.00. The topological polar surface area (TPSA) is 3.24 Å². The Hall–Kier alpha value is -0.0400. The van der Waals surface area contributed by atoms with Gasteiger partial charge in [-0.25, -0.2) is 0 Å². The summed E-state index contributed by atoms with van der Waals surface area (Å²) in [6.07, 6.45) is 2.73. The van der Waals surface area contributed by atoms with Gasteiger partial charge in [-0.05, 0) is 32.1 Å². The highest BCUT2D eigenvalue weighted by Crippen LogP contribution is 2.30. The molecular weight excluding hydrogens is 158 g/mol. The van der Waals surface area contributed by atoms with E-state index in [2.05, 4.69) is 39.5 Å². The van der Waals surface area contributed by atoms with Crippen LogP contribution >= 0.6 is 0 Å². The Kier molecular flexibility index (Phi) is 3.78. The van der Waals surface area contributed by atoms with Gasteiger partial charge in [0.15, 0.2) is 0 Å². The Morgan fingerprint density at radius 2 is 1.92 bits per heavy atom. The molecule has 1 fully saturated rings. The van der Waals surface area contributed by atoms with Gasteiger partial charge in [0.25, 0.3) is 0 Å². The molecule has 0 aromatic heterocycles. The van der Waals surface area contributed by atoms with Crippen LogP contribution in [0.2, 0.25) is 0 Å². The summed E-state index contributed by atoms with van der Waals surface area (Å²) < 4.78 is 0. The second-order valence-electron chi connectivity index (χ2n) is 5.08. The molecule has 0 aromatic rings. The highest BCUT2D eigenvalue weighted by molar-refractivity contribution is 4.87. The van der Waals surface area contributed by atoms with Crippen LogP contribution in [0.1, 0.15) is 47.5 Å². The summed E-state index contributed by atoms with van der Waals surface area (Å²) in [5.41, 5.74) is 0. The molecule has 0 radical (unpaired) electrons. The first-order valence-corrected chi connectivity index (χ1v) is 5.82. The van der Waals surface area contributed by atoms with Crippen LogP contribution in [0.4, 0.5) is 0 Å². The van der Waals surface area contributed by atoms with Crippen molar-refractivity contribution in [2.45, 2.75) is 59.5 Å². The molecule has 0 bridgehead atoms. The second kappa shape index (κ2) is 4.45. The number of rotatable bonds is 3. The van der Waals surface area contributed by atoms with Gasteiger partial charge < -0.3 is 0 Å². The molecule has 0 saturated carbocycles. The summed E-state index contributed by atoms with van der Waals surface area (Å²) in [7, 11) is 0. The molecule has 0 aliphatic carbocycles. The highest BCUT2D eigenvalue weighted by Gasteiger charge is 2.33. The Morgan fingerprint density at radius 3 is 2.38 bits per heavy atom. The van der Waals surface area contributed by atoms with Crippen LogP contribution in [0.15, 0.2) is 0 Å². The Labute approximate surface area is 83.5 Å². The lowest BCUT2D eigenvalue weighted by Gasteiger charge is -2.32. The number of likely N-dealkylation sites (tertiary alicyclic amines) is 1. The van der Waals surface area contributed by atoms with Crippen LogP contribution in [-0.2, 0) is 0 Å². The molecule has 1 unspecified atom stereocenters. The predicted octanol–water partition coefficient (Wildman–Crippen LogP) is 3.15. The van der Waals surface area contributed by atoms with Gasteiger partial charge in [0, 0.05) is 18.6 Å². The van der Waals surface area contributed by atoms with E-state index in [0.717, 1.165) is 23.9 Å². The summed E-state index contributed by atoms with van der Waals surface area (Å²) in [5.74, 6) is 1.77. The molecule has 3 atom stereocenters. The Bertz CT molecular complexity index is 153. The molecule has 13 heavy (non-hydrogen) atoms. The maximum absolute atomic E-state index is 2.69. The van der Waals surface area contributed by atoms with Gasteiger partial charge in [-0.15, -0.1) is 0 Å². The zero-order valence-corrected chi connectivity index (χ0v) is 9.88. The van der Waals surface area contributed by atoms with E-state index in [4.69, 9.17) is 0 Å². The molecular formula is C12H25N. The smallest absolute Gasteiger partial charge is 0.0127 e. The minimum atomic E-state index is 0.726. The molecule has 78 valence electrons. The maximum Gasteiger partial charge on any atom is 0.0127 e. The summed E-state index contributed by atoms with van der Waals surface area (Å²) in [6.45, 7) is 13.1. The third-order valence-electron chi connectivity index (χ3n) is 3.56. The van der Waals surface area contributed by atoms with Crippen LogP contribution < -0.4 is 0 Å². The van der Waals surface area contributed by atoms with Gasteiger partial charge >= 0.3 is 0 Å². The summed E-state index contributed by atoms with van der Waals surface area (Å²) in [4.78, 5) is 2.69. The van der Waals surface area contributed by atoms with E-state index < -0.39 is 0 Å². The van der Waals surface area contributed by atoms with E-state index >= 15 is 0 Å². The molecule has 1 nitrogen and oxygen atoms in total. The predicted molar refractivity (Wildman–Crippen MR) is 58.9 cm³/mol. The van der Waals surface area contributed by atoms with E-state index in [1.807, 2.05) is 0 Å². The van der Waals surface area contributed by atoms with Crippen molar-refractivity contribution in [3.05, 3.63) is 0 Å². The van der Waals surface area contributed by atoms with Crippen molar-refractivity contribution >= 4 is 0 Å². The molecule has 1 aliphatic rings. The van der Waals surface area contributed by atoms with Gasteiger partial charge in [0.05, 0.1) is 0 Å². The average Bonchev–Trinajstić information content (AvgIpc) is 2.46. The molecule has 0 amide bonds. The Balaban J connectivity index is 2.60. The fourth-order valence-corrected chi connectivity index (χ4v) is 2.54. The van der Waals surface area contributed by atoms with Crippen molar-refractivity contribution in [3.8, 4) is 0 Å². The number of hydrogen-bond acceptors (Lipinski definition) is 1. The molecule has 1 saturated heterocycles. The van der Waals surface area contributed by atoms with Crippen LogP contribution in [0.5, 0.6) is 0 Å². The summed E-state index contributed by atoms with van der Waals surface area (Å²) >= 11 is 0. The minimum absolute atomic E-state index is 0.726. The van der Waals surface area contributed by atoms with Gasteiger partial charge in [0.2, 0.25) is 0 Å². The SMILES string of the molecule is CCC(C)[C@@H]1C[C@@H](C)CN1C(C)C. The van der Waals surface area contributed by atoms with E-state index in [1.165, 1.54) is 19.4 Å². The van der Waals surface area contributed by atoms with Crippen molar-refractivity contribution in [1.29, 1.82) is 0 Å². The zero-order valence-electron chi connectivity index (χ0n) is 9.88. The first-order valence-electron chi connectivity index (χ1n) is 5.82. The first-order chi connectivity index (χ1) is 6.06. The third-order valence-corrected chi connectivity index (χ3v) is 3.56. The van der Waals surface area contributed by atoms with E-state index in [0.29, 0.717) is 0 Å². The van der Waals surface area contributed by atoms with Crippen LogP contribution in [0.25, 0.3) is 0 Å². The molecule has 1 heterocycles. The maximum atomic E-state index is 2.69. The first kappa shape index (κ1) is 11.0. The van der Waals surface area contributed by atoms with Crippen molar-refractivity contribution in [1.82, 2.24) is 4.90 Å². The van der Waals surface area contributed by atoms with E-state index in [-0.39, 0.29) is 0 Å². The lowest BCUT2D eigenvalue weighted by Crippen LogP contribution is -2.39. The molecule has 1 heteroatoms. The van der Waals surface area contributed by atoms with Gasteiger partial charge in [-0.2, -0.15) is 0 Å². The monoisotopic (exact) mass is 183 g/mol. The lowest BCUT2D eigenvalue weighted by molar-refractivity contribution is 0.155. The fourth-order valence-electron chi connectivity index (χ4n) is 2.54. The van der Waals surface area contributed by atoms with E-state index in [9.17, 15) is 0 Å². The van der Waals surface area contributed by atoms with Gasteiger partial charge in [0.1, 0.15) is 0 Å². The number of nitrogens with zero attached hydrogens (tertiary/aromatic N) is 1. The zero-order chi connectivity index (χ0) is 10.0. The normalized spacial score (nSPS) is 32.8. The van der Waals surface area contributed by atoms with Crippen molar-refractivity contribution in [3.63, 3.8) is 0 Å². The summed E-state index contributed by atoms with van der Waals surface area (Å²) in [5, 5.41) is 0. The van der Waals surface area contributed by atoms with Gasteiger partial charge in [-0.3, -0.25) is 4.90 Å². The van der Waals surface area contributed by atoms with Crippen molar-refractivity contribution < 1.29 is 0 Å². The quantitative estimate of drug-likeness (QED) is 0.649. The van der Waals surface area contributed by atoms with Crippen molar-refractivity contribution in [2.75, 3.05) is 6.54 Å². The molecule has 0 spiro atoms. The van der Waals surface area contributed by atoms with E-state index in [1.54, 1.807) is 0 Å². The largest absolute Gasteiger partial charge is 0.297 e. The van der Waals surface area contributed by atoms with Crippen LogP contribution in [-0.4, -0.2) is 23.5 Å². The third kappa shape index (κ3) is 2.46.